The van der Waals surface area contributed by atoms with Crippen molar-refractivity contribution in [2.24, 2.45) is 17.8 Å². The lowest BCUT2D eigenvalue weighted by atomic mass is 9.64. The van der Waals surface area contributed by atoms with Gasteiger partial charge in [0.05, 0.1) is 17.3 Å². The number of nitrogen functional groups attached to an aromatic ring is 1. The minimum Gasteiger partial charge on any atom is -0.476 e. The van der Waals surface area contributed by atoms with E-state index in [0.717, 1.165) is 44.1 Å². The molecule has 0 saturated heterocycles. The first-order valence-electron chi connectivity index (χ1n) is 12.2. The Hall–Kier alpha value is -3.39. The Bertz CT molecular complexity index is 1440. The van der Waals surface area contributed by atoms with Gasteiger partial charge in [0.25, 0.3) is 0 Å². The first-order valence-corrected chi connectivity index (χ1v) is 13.0. The van der Waals surface area contributed by atoms with Crippen LogP contribution in [0.25, 0.3) is 16.8 Å². The molecule has 6 rings (SSSR count). The molecule has 2 fully saturated rings. The first-order chi connectivity index (χ1) is 17.3. The molecule has 4 N–H and O–H groups in total. The number of rotatable bonds is 6. The lowest BCUT2D eigenvalue weighted by molar-refractivity contribution is -0.574. The molecule has 0 heterocycles. The zero-order chi connectivity index (χ0) is 25.2. The predicted molar refractivity (Wildman–Crippen MR) is 143 cm³/mol. The number of anilines is 2. The highest BCUT2D eigenvalue weighted by atomic mass is 79.9. The van der Waals surface area contributed by atoms with Crippen molar-refractivity contribution in [1.82, 2.24) is 0 Å². The van der Waals surface area contributed by atoms with E-state index in [4.69, 9.17) is 5.73 Å². The number of hydrogen-bond donors (Lipinski definition) is 3. The molecule has 5 unspecified atom stereocenters. The summed E-state index contributed by atoms with van der Waals surface area (Å²) in [5.74, 6) is -2.64. The SMILES string of the molecule is Nc1c(NCC2=Cc3ccccc3C2C2C3CCC(C3)C2(C(=O)O)[N+](=O)[O-])ccc2cc(Br)ccc12. The summed E-state index contributed by atoms with van der Waals surface area (Å²) in [7, 11) is 0. The van der Waals surface area contributed by atoms with E-state index < -0.39 is 28.3 Å². The summed E-state index contributed by atoms with van der Waals surface area (Å²) in [6.07, 6.45) is 4.11. The van der Waals surface area contributed by atoms with E-state index in [-0.39, 0.29) is 11.8 Å². The Morgan fingerprint density at radius 2 is 2.00 bits per heavy atom. The molecule has 0 amide bonds. The maximum absolute atomic E-state index is 12.6. The van der Waals surface area contributed by atoms with Crippen LogP contribution in [0.5, 0.6) is 0 Å². The fourth-order valence-electron chi connectivity index (χ4n) is 7.24. The van der Waals surface area contributed by atoms with Crippen LogP contribution >= 0.6 is 15.9 Å². The van der Waals surface area contributed by atoms with E-state index in [1.165, 1.54) is 0 Å². The van der Waals surface area contributed by atoms with E-state index in [1.54, 1.807) is 0 Å². The van der Waals surface area contributed by atoms with Crippen molar-refractivity contribution in [3.63, 3.8) is 0 Å². The molecule has 0 radical (unpaired) electrons. The maximum atomic E-state index is 12.6. The summed E-state index contributed by atoms with van der Waals surface area (Å²) >= 11 is 3.49. The third kappa shape index (κ3) is 3.20. The zero-order valence-electron chi connectivity index (χ0n) is 19.5. The summed E-state index contributed by atoms with van der Waals surface area (Å²) in [5, 5.41) is 28.2. The Labute approximate surface area is 216 Å². The molecule has 3 aromatic rings. The number of nitro groups is 1. The lowest BCUT2D eigenvalue weighted by Crippen LogP contribution is -2.58. The average Bonchev–Trinajstić information content (AvgIpc) is 3.55. The Morgan fingerprint density at radius 1 is 1.19 bits per heavy atom. The largest absolute Gasteiger partial charge is 0.476 e. The van der Waals surface area contributed by atoms with E-state index in [9.17, 15) is 20.0 Å². The Kier molecular flexibility index (Phi) is 5.33. The van der Waals surface area contributed by atoms with E-state index >= 15 is 0 Å². The van der Waals surface area contributed by atoms with Crippen LogP contribution in [0, 0.1) is 27.9 Å². The summed E-state index contributed by atoms with van der Waals surface area (Å²) in [4.78, 5) is 24.6. The van der Waals surface area contributed by atoms with Gasteiger partial charge in [0, 0.05) is 33.2 Å². The van der Waals surface area contributed by atoms with Gasteiger partial charge in [0.15, 0.2) is 0 Å². The van der Waals surface area contributed by atoms with Gasteiger partial charge in [-0.25, -0.2) is 4.79 Å². The second-order valence-corrected chi connectivity index (χ2v) is 11.2. The third-order valence-corrected chi connectivity index (χ3v) is 9.19. The van der Waals surface area contributed by atoms with Crippen LogP contribution < -0.4 is 11.1 Å². The van der Waals surface area contributed by atoms with Crippen LogP contribution in [0.3, 0.4) is 0 Å². The molecule has 184 valence electrons. The van der Waals surface area contributed by atoms with Crippen LogP contribution in [0.2, 0.25) is 0 Å². The smallest absolute Gasteiger partial charge is 0.383 e. The molecule has 7 nitrogen and oxygen atoms in total. The highest BCUT2D eigenvalue weighted by molar-refractivity contribution is 9.10. The summed E-state index contributed by atoms with van der Waals surface area (Å²) in [6, 6.07) is 17.7. The molecular formula is C28H26BrN3O4. The highest BCUT2D eigenvalue weighted by Gasteiger charge is 2.74. The monoisotopic (exact) mass is 547 g/mol. The highest BCUT2D eigenvalue weighted by Crippen LogP contribution is 2.62. The topological polar surface area (TPSA) is 118 Å². The van der Waals surface area contributed by atoms with Crippen LogP contribution in [-0.4, -0.2) is 28.1 Å². The number of fused-ring (bicyclic) bond motifs is 4. The van der Waals surface area contributed by atoms with Crippen LogP contribution in [0.4, 0.5) is 11.4 Å². The van der Waals surface area contributed by atoms with Gasteiger partial charge in [-0.15, -0.1) is 0 Å². The molecule has 3 aliphatic carbocycles. The predicted octanol–water partition coefficient (Wildman–Crippen LogP) is 5.92. The van der Waals surface area contributed by atoms with Gasteiger partial charge in [-0.2, -0.15) is 0 Å². The van der Waals surface area contributed by atoms with Gasteiger partial charge in [-0.05, 0) is 65.5 Å². The average molecular weight is 548 g/mol. The number of hydrogen-bond acceptors (Lipinski definition) is 5. The van der Waals surface area contributed by atoms with Crippen molar-refractivity contribution >= 4 is 50.1 Å². The van der Waals surface area contributed by atoms with Crippen LogP contribution in [0.1, 0.15) is 36.3 Å². The number of benzene rings is 3. The number of carboxylic acid groups (broad SMARTS) is 1. The van der Waals surface area contributed by atoms with Gasteiger partial charge in [0.2, 0.25) is 0 Å². The normalized spacial score (nSPS) is 28.2. The van der Waals surface area contributed by atoms with Crippen molar-refractivity contribution in [3.05, 3.63) is 85.9 Å². The van der Waals surface area contributed by atoms with Gasteiger partial charge in [-0.3, -0.25) is 10.1 Å². The molecule has 0 aromatic heterocycles. The number of halogens is 1. The van der Waals surface area contributed by atoms with Gasteiger partial charge in [0.1, 0.15) is 0 Å². The van der Waals surface area contributed by atoms with Crippen LogP contribution in [-0.2, 0) is 4.79 Å². The second kappa shape index (κ2) is 8.34. The number of carboxylic acids is 1. The number of nitrogens with zero attached hydrogens (tertiary/aromatic N) is 1. The van der Waals surface area contributed by atoms with Gasteiger partial charge < -0.3 is 16.2 Å². The lowest BCUT2D eigenvalue weighted by Gasteiger charge is -2.38. The fraction of sp³-hybridized carbons (Fsp3) is 0.321. The summed E-state index contributed by atoms with van der Waals surface area (Å²) in [6.45, 7) is 0.423. The molecule has 8 heteroatoms. The third-order valence-electron chi connectivity index (χ3n) is 8.69. The molecule has 2 saturated carbocycles. The zero-order valence-corrected chi connectivity index (χ0v) is 21.1. The second-order valence-electron chi connectivity index (χ2n) is 10.3. The molecule has 5 atom stereocenters. The van der Waals surface area contributed by atoms with Crippen LogP contribution in [0.15, 0.2) is 64.6 Å². The number of nitrogens with one attached hydrogen (secondary N) is 1. The minimum atomic E-state index is -1.96. The van der Waals surface area contributed by atoms with E-state index in [2.05, 4.69) is 27.3 Å². The Balaban J connectivity index is 1.38. The number of aliphatic carboxylic acids is 1. The fourth-order valence-corrected chi connectivity index (χ4v) is 7.62. The minimum absolute atomic E-state index is 0.0141. The van der Waals surface area contributed by atoms with Crippen molar-refractivity contribution in [3.8, 4) is 0 Å². The molecule has 3 aliphatic rings. The number of nitrogens with two attached hydrogens (primary N) is 1. The summed E-state index contributed by atoms with van der Waals surface area (Å²) < 4.78 is 0.977. The molecular weight excluding hydrogens is 522 g/mol. The quantitative estimate of drug-likeness (QED) is 0.200. The molecule has 3 aromatic carbocycles. The standard InChI is InChI=1S/C28H26BrN3O4/c29-20-8-9-22-16(13-20)6-10-23(26(22)30)31-14-18-11-15-3-1-2-4-21(15)24(18)25-17-5-7-19(12-17)28(25,27(33)34)32(35)36/h1-4,6,8-11,13,17,19,24-25,31H,5,7,12,14,30H2,(H,33,34). The van der Waals surface area contributed by atoms with Crippen molar-refractivity contribution in [1.29, 1.82) is 0 Å². The number of carbonyl (C=O) groups is 1. The first kappa shape index (κ1) is 23.0. The van der Waals surface area contributed by atoms with Crippen molar-refractivity contribution < 1.29 is 14.8 Å². The van der Waals surface area contributed by atoms with E-state index in [0.29, 0.717) is 25.1 Å². The Morgan fingerprint density at radius 3 is 2.78 bits per heavy atom. The molecule has 36 heavy (non-hydrogen) atoms. The molecule has 0 aliphatic heterocycles. The molecule has 2 bridgehead atoms. The molecule has 0 spiro atoms. The van der Waals surface area contributed by atoms with Crippen molar-refractivity contribution in [2.75, 3.05) is 17.6 Å². The van der Waals surface area contributed by atoms with Gasteiger partial charge >= 0.3 is 11.5 Å². The van der Waals surface area contributed by atoms with E-state index in [1.807, 2.05) is 54.6 Å². The maximum Gasteiger partial charge on any atom is 0.383 e. The van der Waals surface area contributed by atoms with Crippen molar-refractivity contribution in [2.45, 2.75) is 30.7 Å². The summed E-state index contributed by atoms with van der Waals surface area (Å²) in [5.41, 5.74) is 8.92. The van der Waals surface area contributed by atoms with Gasteiger partial charge in [-0.1, -0.05) is 58.4 Å².